The van der Waals surface area contributed by atoms with Crippen molar-refractivity contribution in [1.82, 2.24) is 15.2 Å². The van der Waals surface area contributed by atoms with Crippen LogP contribution in [0.15, 0.2) is 28.0 Å². The maximum atomic E-state index is 13.1. The van der Waals surface area contributed by atoms with Crippen LogP contribution in [-0.2, 0) is 15.2 Å². The van der Waals surface area contributed by atoms with Gasteiger partial charge in [-0.2, -0.15) is 5.48 Å². The lowest BCUT2D eigenvalue weighted by atomic mass is 9.94. The summed E-state index contributed by atoms with van der Waals surface area (Å²) in [4.78, 5) is 17.6. The first kappa shape index (κ1) is 18.9. The second-order valence-electron chi connectivity index (χ2n) is 5.82. The smallest absolute Gasteiger partial charge is 0.408 e. The monoisotopic (exact) mass is 399 g/mol. The Morgan fingerprint density at radius 3 is 3.11 bits per heavy atom. The number of aromatic nitrogens is 2. The van der Waals surface area contributed by atoms with E-state index in [-0.39, 0.29) is 36.2 Å². The van der Waals surface area contributed by atoms with Crippen LogP contribution in [-0.4, -0.2) is 52.4 Å². The summed E-state index contributed by atoms with van der Waals surface area (Å²) in [6.07, 6.45) is 0.0851. The highest BCUT2D eigenvalue weighted by Gasteiger charge is 2.44. The van der Waals surface area contributed by atoms with Gasteiger partial charge in [-0.1, -0.05) is 21.9 Å². The Morgan fingerprint density at radius 1 is 1.56 bits per heavy atom. The van der Waals surface area contributed by atoms with E-state index in [2.05, 4.69) is 20.9 Å². The van der Waals surface area contributed by atoms with Gasteiger partial charge >= 0.3 is 6.09 Å². The molecule has 0 saturated carbocycles. The number of ether oxygens (including phenoxy) is 1. The molecule has 1 atom stereocenters. The van der Waals surface area contributed by atoms with Crippen LogP contribution < -0.4 is 5.48 Å². The van der Waals surface area contributed by atoms with Crippen LogP contribution in [0, 0.1) is 5.82 Å². The molecule has 0 radical (unpaired) electrons. The average molecular weight is 400 g/mol. The predicted octanol–water partition coefficient (Wildman–Crippen LogP) is 2.47. The van der Waals surface area contributed by atoms with E-state index in [0.29, 0.717) is 5.69 Å². The molecule has 144 valence electrons. The van der Waals surface area contributed by atoms with Crippen molar-refractivity contribution in [3.05, 3.63) is 40.4 Å². The van der Waals surface area contributed by atoms with E-state index in [1.807, 2.05) is 0 Å². The Labute approximate surface area is 157 Å². The predicted molar refractivity (Wildman–Crippen MR) is 90.9 cm³/mol. The Bertz CT molecular complexity index is 863. The first-order valence-electron chi connectivity index (χ1n) is 7.73. The summed E-state index contributed by atoms with van der Waals surface area (Å²) in [7, 11) is 0. The SMILES string of the molecule is CC1(c2nonc2/C=N/ONc2ccc(F)c(Cl)c2)COCCN1C(=O)O. The molecule has 10 nitrogen and oxygen atoms in total. The van der Waals surface area contributed by atoms with Gasteiger partial charge in [-0.05, 0) is 30.3 Å². The molecule has 2 heterocycles. The van der Waals surface area contributed by atoms with E-state index < -0.39 is 17.4 Å². The van der Waals surface area contributed by atoms with Gasteiger partial charge in [0.15, 0.2) is 5.69 Å². The zero-order valence-corrected chi connectivity index (χ0v) is 14.8. The molecule has 3 rings (SSSR count). The minimum atomic E-state index is -1.11. The van der Waals surface area contributed by atoms with E-state index in [0.717, 1.165) is 0 Å². The first-order chi connectivity index (χ1) is 12.9. The molecule has 1 aromatic carbocycles. The molecule has 2 aromatic rings. The molecule has 1 fully saturated rings. The maximum absolute atomic E-state index is 13.1. The number of morpholine rings is 1. The number of halogens is 2. The van der Waals surface area contributed by atoms with Crippen molar-refractivity contribution in [3.8, 4) is 0 Å². The van der Waals surface area contributed by atoms with Gasteiger partial charge in [0.2, 0.25) is 0 Å². The van der Waals surface area contributed by atoms with E-state index in [4.69, 9.17) is 25.9 Å². The zero-order chi connectivity index (χ0) is 19.4. The number of rotatable bonds is 5. The summed E-state index contributed by atoms with van der Waals surface area (Å²) in [5.41, 5.74) is 2.15. The molecule has 1 aromatic heterocycles. The third kappa shape index (κ3) is 3.93. The molecular formula is C15H15ClFN5O5. The Balaban J connectivity index is 1.71. The maximum Gasteiger partial charge on any atom is 0.408 e. The molecule has 2 N–H and O–H groups in total. The van der Waals surface area contributed by atoms with Crippen LogP contribution in [0.25, 0.3) is 0 Å². The number of hydrogen-bond acceptors (Lipinski definition) is 8. The molecule has 1 unspecified atom stereocenters. The molecule has 1 saturated heterocycles. The zero-order valence-electron chi connectivity index (χ0n) is 14.1. The van der Waals surface area contributed by atoms with Crippen molar-refractivity contribution in [2.45, 2.75) is 12.5 Å². The van der Waals surface area contributed by atoms with Gasteiger partial charge in [-0.15, -0.1) is 0 Å². The van der Waals surface area contributed by atoms with Crippen LogP contribution in [0.3, 0.4) is 0 Å². The number of nitrogens with zero attached hydrogens (tertiary/aromatic N) is 4. The number of carbonyl (C=O) groups is 1. The minimum Gasteiger partial charge on any atom is -0.465 e. The number of anilines is 1. The van der Waals surface area contributed by atoms with Crippen LogP contribution in [0.5, 0.6) is 0 Å². The van der Waals surface area contributed by atoms with Crippen LogP contribution in [0.2, 0.25) is 5.02 Å². The number of hydrogen-bond donors (Lipinski definition) is 2. The number of amides is 1. The molecule has 0 spiro atoms. The first-order valence-corrected chi connectivity index (χ1v) is 8.11. The largest absolute Gasteiger partial charge is 0.465 e. The van der Waals surface area contributed by atoms with E-state index in [1.54, 1.807) is 6.92 Å². The third-order valence-electron chi connectivity index (χ3n) is 4.00. The normalized spacial score (nSPS) is 20.0. The number of carboxylic acid groups (broad SMARTS) is 1. The second kappa shape index (κ2) is 7.76. The van der Waals surface area contributed by atoms with Gasteiger partial charge in [0.1, 0.15) is 23.3 Å². The molecule has 1 aliphatic heterocycles. The molecule has 27 heavy (non-hydrogen) atoms. The molecule has 0 bridgehead atoms. The van der Waals surface area contributed by atoms with Gasteiger partial charge in [0.25, 0.3) is 0 Å². The highest BCUT2D eigenvalue weighted by atomic mass is 35.5. The standard InChI is InChI=1S/C15H15ClFN5O5/c1-15(8-25-5-4-22(15)14(23)24)13-12(20-27-21-13)7-18-26-19-9-2-3-11(17)10(16)6-9/h2-3,6-7,19H,4-5,8H2,1H3,(H,23,24)/b18-7+. The van der Waals surface area contributed by atoms with Crippen molar-refractivity contribution in [1.29, 1.82) is 0 Å². The summed E-state index contributed by atoms with van der Waals surface area (Å²) in [5.74, 6) is -0.560. The van der Waals surface area contributed by atoms with Crippen LogP contribution >= 0.6 is 11.6 Å². The summed E-state index contributed by atoms with van der Waals surface area (Å²) in [6, 6.07) is 3.90. The summed E-state index contributed by atoms with van der Waals surface area (Å²) < 4.78 is 23.2. The summed E-state index contributed by atoms with van der Waals surface area (Å²) in [5, 5.41) is 20.5. The van der Waals surface area contributed by atoms with Crippen LogP contribution in [0.1, 0.15) is 18.3 Å². The van der Waals surface area contributed by atoms with Gasteiger partial charge in [0.05, 0.1) is 23.9 Å². The van der Waals surface area contributed by atoms with Gasteiger partial charge in [0, 0.05) is 6.54 Å². The van der Waals surface area contributed by atoms with Gasteiger partial charge in [-0.3, -0.25) is 9.84 Å². The fraction of sp³-hybridized carbons (Fsp3) is 0.333. The van der Waals surface area contributed by atoms with E-state index in [9.17, 15) is 14.3 Å². The van der Waals surface area contributed by atoms with E-state index in [1.165, 1.54) is 29.3 Å². The lowest BCUT2D eigenvalue weighted by Gasteiger charge is -2.41. The second-order valence-corrected chi connectivity index (χ2v) is 6.22. The highest BCUT2D eigenvalue weighted by molar-refractivity contribution is 6.31. The van der Waals surface area contributed by atoms with Gasteiger partial charge < -0.3 is 9.84 Å². The molecule has 12 heteroatoms. The van der Waals surface area contributed by atoms with E-state index >= 15 is 0 Å². The lowest BCUT2D eigenvalue weighted by Crippen LogP contribution is -2.55. The van der Waals surface area contributed by atoms with Crippen molar-refractivity contribution in [3.63, 3.8) is 0 Å². The Morgan fingerprint density at radius 2 is 2.37 bits per heavy atom. The van der Waals surface area contributed by atoms with Crippen molar-refractivity contribution in [2.75, 3.05) is 25.2 Å². The lowest BCUT2D eigenvalue weighted by molar-refractivity contribution is -0.0535. The number of oxime groups is 1. The Hall–Kier alpha value is -2.92. The number of nitrogens with one attached hydrogen (secondary N) is 1. The minimum absolute atomic E-state index is 0.0745. The molecule has 0 aliphatic carbocycles. The number of benzene rings is 1. The Kier molecular flexibility index (Phi) is 5.42. The quantitative estimate of drug-likeness (QED) is 0.580. The fourth-order valence-corrected chi connectivity index (χ4v) is 2.80. The van der Waals surface area contributed by atoms with Gasteiger partial charge in [-0.25, -0.2) is 13.8 Å². The fourth-order valence-electron chi connectivity index (χ4n) is 2.62. The molecular weight excluding hydrogens is 385 g/mol. The molecule has 1 amide bonds. The summed E-state index contributed by atoms with van der Waals surface area (Å²) in [6.45, 7) is 2.20. The molecule has 1 aliphatic rings. The van der Waals surface area contributed by atoms with Crippen molar-refractivity contribution >= 4 is 29.6 Å². The highest BCUT2D eigenvalue weighted by Crippen LogP contribution is 2.31. The summed E-state index contributed by atoms with van der Waals surface area (Å²) >= 11 is 5.67. The van der Waals surface area contributed by atoms with Crippen LogP contribution in [0.4, 0.5) is 14.9 Å². The van der Waals surface area contributed by atoms with Crippen molar-refractivity contribution < 1.29 is 28.6 Å². The third-order valence-corrected chi connectivity index (χ3v) is 4.29. The topological polar surface area (TPSA) is 122 Å². The average Bonchev–Trinajstić information content (AvgIpc) is 3.11. The van der Waals surface area contributed by atoms with Crippen molar-refractivity contribution in [2.24, 2.45) is 5.16 Å².